The number of sulfonamides is 1. The fraction of sp³-hybridized carbons (Fsp3) is 0.227. The van der Waals surface area contributed by atoms with Gasteiger partial charge >= 0.3 is 5.91 Å². The van der Waals surface area contributed by atoms with E-state index in [0.29, 0.717) is 17.9 Å². The molecule has 0 saturated carbocycles. The molecular formula is C22H19FN4O5S. The number of rotatable bonds is 6. The first-order valence-electron chi connectivity index (χ1n) is 10.3. The first kappa shape index (κ1) is 21.1. The number of nitrogens with zero attached hydrogens (tertiary/aromatic N) is 3. The standard InChI is InChI=1S/C22H19FN4O5S/c1-2-20-24-22(32-25-20)14-6-3-4-7-19(14)33(29,30)26-21(28)18-12-15-16(23)10-13(11-17(15)31-18)27-8-5-9-27/h3-4,6-7,10-12H,2,5,8-9H2,1H3,(H,26,28). The molecule has 2 aromatic carbocycles. The molecule has 1 saturated heterocycles. The molecule has 1 N–H and O–H groups in total. The van der Waals surface area contributed by atoms with Crippen molar-refractivity contribution in [2.45, 2.75) is 24.7 Å². The van der Waals surface area contributed by atoms with Crippen LogP contribution < -0.4 is 9.62 Å². The van der Waals surface area contributed by atoms with Crippen molar-refractivity contribution in [3.63, 3.8) is 0 Å². The SMILES string of the molecule is CCc1noc(-c2ccccc2S(=O)(=O)NC(=O)c2cc3c(F)cc(N4CCC4)cc3o2)n1. The molecule has 0 radical (unpaired) electrons. The van der Waals surface area contributed by atoms with Gasteiger partial charge in [-0.15, -0.1) is 0 Å². The molecule has 5 rings (SSSR count). The molecule has 11 heteroatoms. The van der Waals surface area contributed by atoms with Crippen LogP contribution in [0.1, 0.15) is 29.7 Å². The minimum absolute atomic E-state index is 0.0182. The molecular weight excluding hydrogens is 451 g/mol. The molecule has 0 bridgehead atoms. The lowest BCUT2D eigenvalue weighted by Crippen LogP contribution is -2.36. The second-order valence-electron chi connectivity index (χ2n) is 7.59. The Bertz CT molecular complexity index is 1470. The Kier molecular flexibility index (Phi) is 5.12. The van der Waals surface area contributed by atoms with Gasteiger partial charge in [0, 0.05) is 37.3 Å². The van der Waals surface area contributed by atoms with E-state index in [0.717, 1.165) is 19.5 Å². The number of carbonyl (C=O) groups is 1. The Hall–Kier alpha value is -3.73. The van der Waals surface area contributed by atoms with E-state index in [1.54, 1.807) is 12.1 Å². The van der Waals surface area contributed by atoms with Crippen LogP contribution in [0.25, 0.3) is 22.4 Å². The van der Waals surface area contributed by atoms with Crippen molar-refractivity contribution in [3.05, 3.63) is 59.9 Å². The van der Waals surface area contributed by atoms with Crippen LogP contribution in [0.3, 0.4) is 0 Å². The van der Waals surface area contributed by atoms with Gasteiger partial charge in [-0.05, 0) is 24.6 Å². The fourth-order valence-electron chi connectivity index (χ4n) is 3.56. The van der Waals surface area contributed by atoms with Gasteiger partial charge in [-0.1, -0.05) is 24.2 Å². The number of amides is 1. The molecule has 4 aromatic rings. The van der Waals surface area contributed by atoms with E-state index < -0.39 is 21.7 Å². The molecule has 3 heterocycles. The normalized spacial score (nSPS) is 13.8. The van der Waals surface area contributed by atoms with Crippen molar-refractivity contribution >= 4 is 32.6 Å². The number of nitrogens with one attached hydrogen (secondary N) is 1. The molecule has 0 atom stereocenters. The van der Waals surface area contributed by atoms with Crippen molar-refractivity contribution < 1.29 is 26.5 Å². The Balaban J connectivity index is 1.45. The molecule has 9 nitrogen and oxygen atoms in total. The number of carbonyl (C=O) groups excluding carboxylic acids is 1. The minimum Gasteiger partial charge on any atom is -0.451 e. The van der Waals surface area contributed by atoms with Crippen LogP contribution in [0, 0.1) is 5.82 Å². The van der Waals surface area contributed by atoms with Gasteiger partial charge in [0.1, 0.15) is 16.3 Å². The molecule has 1 fully saturated rings. The molecule has 1 amide bonds. The predicted molar refractivity (Wildman–Crippen MR) is 117 cm³/mol. The summed E-state index contributed by atoms with van der Waals surface area (Å²) < 4.78 is 53.2. The fourth-order valence-corrected chi connectivity index (χ4v) is 4.72. The summed E-state index contributed by atoms with van der Waals surface area (Å²) in [7, 11) is -4.34. The quantitative estimate of drug-likeness (QED) is 0.455. The van der Waals surface area contributed by atoms with Crippen LogP contribution in [0.5, 0.6) is 0 Å². The van der Waals surface area contributed by atoms with Crippen molar-refractivity contribution in [2.75, 3.05) is 18.0 Å². The van der Waals surface area contributed by atoms with Crippen molar-refractivity contribution in [3.8, 4) is 11.5 Å². The maximum atomic E-state index is 14.6. The Morgan fingerprint density at radius 1 is 1.21 bits per heavy atom. The second kappa shape index (κ2) is 8.00. The number of benzene rings is 2. The van der Waals surface area contributed by atoms with Gasteiger partial charge in [0.25, 0.3) is 15.9 Å². The molecule has 0 aliphatic carbocycles. The van der Waals surface area contributed by atoms with Gasteiger partial charge in [-0.25, -0.2) is 17.5 Å². The van der Waals surface area contributed by atoms with Crippen LogP contribution in [0.2, 0.25) is 0 Å². The lowest BCUT2D eigenvalue weighted by Gasteiger charge is -2.33. The maximum absolute atomic E-state index is 14.6. The lowest BCUT2D eigenvalue weighted by molar-refractivity contribution is 0.0956. The summed E-state index contributed by atoms with van der Waals surface area (Å²) in [5, 5.41) is 3.88. The van der Waals surface area contributed by atoms with Gasteiger partial charge in [-0.3, -0.25) is 4.79 Å². The first-order valence-corrected chi connectivity index (χ1v) is 11.8. The highest BCUT2D eigenvalue weighted by Gasteiger charge is 2.27. The van der Waals surface area contributed by atoms with E-state index in [9.17, 15) is 17.6 Å². The van der Waals surface area contributed by atoms with E-state index >= 15 is 0 Å². The van der Waals surface area contributed by atoms with Crippen LogP contribution in [-0.2, 0) is 16.4 Å². The van der Waals surface area contributed by atoms with E-state index in [1.807, 2.05) is 16.5 Å². The molecule has 0 spiro atoms. The van der Waals surface area contributed by atoms with Gasteiger partial charge in [0.15, 0.2) is 11.6 Å². The van der Waals surface area contributed by atoms with Gasteiger partial charge < -0.3 is 13.8 Å². The molecule has 170 valence electrons. The third kappa shape index (κ3) is 3.84. The van der Waals surface area contributed by atoms with E-state index in [1.165, 1.54) is 30.3 Å². The van der Waals surface area contributed by atoms with Gasteiger partial charge in [0.2, 0.25) is 0 Å². The summed E-state index contributed by atoms with van der Waals surface area (Å²) in [6, 6.07) is 10.1. The number of hydrogen-bond donors (Lipinski definition) is 1. The Morgan fingerprint density at radius 2 is 2.00 bits per heavy atom. The zero-order chi connectivity index (χ0) is 23.2. The lowest BCUT2D eigenvalue weighted by atomic mass is 10.1. The number of aromatic nitrogens is 2. The number of aryl methyl sites for hydroxylation is 1. The minimum atomic E-state index is -4.34. The van der Waals surface area contributed by atoms with E-state index in [-0.39, 0.29) is 33.1 Å². The summed E-state index contributed by atoms with van der Waals surface area (Å²) in [6.07, 6.45) is 1.53. The third-order valence-electron chi connectivity index (χ3n) is 5.44. The zero-order valence-electron chi connectivity index (χ0n) is 17.5. The average Bonchev–Trinajstić information content (AvgIpc) is 3.40. The first-order chi connectivity index (χ1) is 15.9. The topological polar surface area (TPSA) is 119 Å². The van der Waals surface area contributed by atoms with Crippen LogP contribution in [0.4, 0.5) is 10.1 Å². The summed E-state index contributed by atoms with van der Waals surface area (Å²) in [5.74, 6) is -1.45. The van der Waals surface area contributed by atoms with Gasteiger partial charge in [-0.2, -0.15) is 4.98 Å². The second-order valence-corrected chi connectivity index (χ2v) is 9.24. The average molecular weight is 470 g/mol. The largest absolute Gasteiger partial charge is 0.451 e. The number of halogens is 1. The Labute approximate surface area is 188 Å². The number of hydrogen-bond acceptors (Lipinski definition) is 8. The molecule has 2 aromatic heterocycles. The Morgan fingerprint density at radius 3 is 2.70 bits per heavy atom. The maximum Gasteiger partial charge on any atom is 0.300 e. The molecule has 0 unspecified atom stereocenters. The van der Waals surface area contributed by atoms with E-state index in [2.05, 4.69) is 10.1 Å². The smallest absolute Gasteiger partial charge is 0.300 e. The summed E-state index contributed by atoms with van der Waals surface area (Å²) in [6.45, 7) is 3.47. The highest BCUT2D eigenvalue weighted by atomic mass is 32.2. The van der Waals surface area contributed by atoms with Crippen LogP contribution in [-0.4, -0.2) is 37.6 Å². The number of anilines is 1. The molecule has 1 aliphatic heterocycles. The van der Waals surface area contributed by atoms with Crippen molar-refractivity contribution in [1.29, 1.82) is 0 Å². The predicted octanol–water partition coefficient (Wildman–Crippen LogP) is 3.51. The molecule has 33 heavy (non-hydrogen) atoms. The van der Waals surface area contributed by atoms with Crippen molar-refractivity contribution in [1.82, 2.24) is 14.9 Å². The third-order valence-corrected chi connectivity index (χ3v) is 6.82. The van der Waals surface area contributed by atoms with Crippen LogP contribution in [0.15, 0.2) is 56.3 Å². The highest BCUT2D eigenvalue weighted by molar-refractivity contribution is 7.90. The highest BCUT2D eigenvalue weighted by Crippen LogP contribution is 2.31. The van der Waals surface area contributed by atoms with Crippen molar-refractivity contribution in [2.24, 2.45) is 0 Å². The molecule has 1 aliphatic rings. The van der Waals surface area contributed by atoms with Gasteiger partial charge in [0.05, 0.1) is 10.9 Å². The van der Waals surface area contributed by atoms with E-state index in [4.69, 9.17) is 8.94 Å². The summed E-state index contributed by atoms with van der Waals surface area (Å²) in [5.41, 5.74) is 0.970. The van der Waals surface area contributed by atoms with Crippen LogP contribution >= 0.6 is 0 Å². The summed E-state index contributed by atoms with van der Waals surface area (Å²) in [4.78, 5) is 18.7. The zero-order valence-corrected chi connectivity index (χ0v) is 18.4. The monoisotopic (exact) mass is 470 g/mol. The number of fused-ring (bicyclic) bond motifs is 1. The summed E-state index contributed by atoms with van der Waals surface area (Å²) >= 11 is 0. The number of furan rings is 1.